The number of anilines is 2. The van der Waals surface area contributed by atoms with Gasteiger partial charge in [-0.15, -0.1) is 24.9 Å². The van der Waals surface area contributed by atoms with Crippen molar-refractivity contribution in [1.29, 1.82) is 0 Å². The van der Waals surface area contributed by atoms with Crippen LogP contribution >= 0.6 is 11.8 Å². The number of alkyl halides is 3. The molecule has 0 aliphatic rings. The summed E-state index contributed by atoms with van der Waals surface area (Å²) in [7, 11) is 0. The number of rotatable bonds is 10. The van der Waals surface area contributed by atoms with Gasteiger partial charge in [0.1, 0.15) is 16.6 Å². The summed E-state index contributed by atoms with van der Waals surface area (Å²) in [6.07, 6.45) is -1.65. The van der Waals surface area contributed by atoms with E-state index in [4.69, 9.17) is 0 Å². The average molecular weight is 506 g/mol. The van der Waals surface area contributed by atoms with Gasteiger partial charge >= 0.3 is 6.36 Å². The first-order valence-electron chi connectivity index (χ1n) is 10.4. The van der Waals surface area contributed by atoms with Crippen molar-refractivity contribution in [2.45, 2.75) is 24.1 Å². The number of pyridine rings is 2. The summed E-state index contributed by atoms with van der Waals surface area (Å²) in [5.41, 5.74) is 1.47. The molecule has 1 aromatic carbocycles. The topological polar surface area (TPSA) is 105 Å². The Morgan fingerprint density at radius 3 is 2.51 bits per heavy atom. The van der Waals surface area contributed by atoms with Crippen LogP contribution in [0.4, 0.5) is 24.7 Å². The maximum atomic E-state index is 12.8. The predicted octanol–water partition coefficient (Wildman–Crippen LogP) is 4.47. The number of hydrogen-bond acceptors (Lipinski definition) is 7. The minimum absolute atomic E-state index is 0.182. The van der Waals surface area contributed by atoms with E-state index in [1.165, 1.54) is 23.9 Å². The number of likely N-dealkylation sites (N-methyl/N-ethyl adjacent to an activating group) is 1. The standard InChI is InChI=1S/C23H22F3N5O3S/c1-2-27-13-20(32)31-19-12-15(9-11-28-19)14-35-22-18(4-3-10-29-22)21(33)30-16-5-7-17(8-6-16)34-23(24,25)26/h3-12,27H,2,13-14H2,1H3,(H,30,33)(H,28,31,32). The molecule has 0 unspecified atom stereocenters. The maximum absolute atomic E-state index is 12.8. The summed E-state index contributed by atoms with van der Waals surface area (Å²) in [6.45, 7) is 2.76. The Morgan fingerprint density at radius 1 is 1.03 bits per heavy atom. The largest absolute Gasteiger partial charge is 0.573 e. The van der Waals surface area contributed by atoms with Crippen molar-refractivity contribution in [3.63, 3.8) is 0 Å². The van der Waals surface area contributed by atoms with Crippen molar-refractivity contribution in [2.75, 3.05) is 23.7 Å². The van der Waals surface area contributed by atoms with Crippen molar-refractivity contribution in [1.82, 2.24) is 15.3 Å². The molecule has 0 saturated carbocycles. The van der Waals surface area contributed by atoms with E-state index in [0.717, 1.165) is 17.7 Å². The number of nitrogens with one attached hydrogen (secondary N) is 3. The molecule has 0 aliphatic carbocycles. The van der Waals surface area contributed by atoms with Crippen LogP contribution in [-0.4, -0.2) is 41.2 Å². The van der Waals surface area contributed by atoms with Gasteiger partial charge in [0.15, 0.2) is 0 Å². The van der Waals surface area contributed by atoms with Crippen LogP contribution in [0.3, 0.4) is 0 Å². The number of carbonyl (C=O) groups excluding carboxylic acids is 2. The lowest BCUT2D eigenvalue weighted by Gasteiger charge is -2.11. The van der Waals surface area contributed by atoms with Gasteiger partial charge < -0.3 is 20.7 Å². The third-order valence-corrected chi connectivity index (χ3v) is 5.44. The molecule has 3 aromatic rings. The third-order valence-electron chi connectivity index (χ3n) is 4.36. The van der Waals surface area contributed by atoms with Gasteiger partial charge in [-0.1, -0.05) is 6.92 Å². The second-order valence-corrected chi connectivity index (χ2v) is 8.01. The molecule has 184 valence electrons. The first-order valence-corrected chi connectivity index (χ1v) is 11.4. The van der Waals surface area contributed by atoms with Gasteiger partial charge in [-0.3, -0.25) is 9.59 Å². The monoisotopic (exact) mass is 505 g/mol. The lowest BCUT2D eigenvalue weighted by Crippen LogP contribution is -2.28. The Kier molecular flexibility index (Phi) is 9.04. The van der Waals surface area contributed by atoms with E-state index in [2.05, 4.69) is 30.7 Å². The highest BCUT2D eigenvalue weighted by Gasteiger charge is 2.31. The van der Waals surface area contributed by atoms with Crippen molar-refractivity contribution < 1.29 is 27.5 Å². The first kappa shape index (κ1) is 26.0. The molecule has 8 nitrogen and oxygen atoms in total. The van der Waals surface area contributed by atoms with Crippen molar-refractivity contribution in [3.05, 3.63) is 72.1 Å². The van der Waals surface area contributed by atoms with E-state index < -0.39 is 12.3 Å². The molecular weight excluding hydrogens is 483 g/mol. The van der Waals surface area contributed by atoms with Crippen molar-refractivity contribution >= 4 is 35.1 Å². The zero-order valence-corrected chi connectivity index (χ0v) is 19.4. The van der Waals surface area contributed by atoms with Gasteiger partial charge in [0.05, 0.1) is 12.1 Å². The highest BCUT2D eigenvalue weighted by atomic mass is 32.2. The van der Waals surface area contributed by atoms with Gasteiger partial charge in [-0.2, -0.15) is 0 Å². The SMILES string of the molecule is CCNCC(=O)Nc1cc(CSc2ncccc2C(=O)Nc2ccc(OC(F)(F)F)cc2)ccn1. The van der Waals surface area contributed by atoms with Gasteiger partial charge in [0.25, 0.3) is 5.91 Å². The number of ether oxygens (including phenoxy) is 1. The van der Waals surface area contributed by atoms with Gasteiger partial charge in [-0.25, -0.2) is 9.97 Å². The normalized spacial score (nSPS) is 11.1. The molecule has 3 rings (SSSR count). The number of aromatic nitrogens is 2. The third kappa shape index (κ3) is 8.58. The van der Waals surface area contributed by atoms with Crippen LogP contribution in [0.5, 0.6) is 5.75 Å². The zero-order chi connectivity index (χ0) is 25.3. The molecule has 3 N–H and O–H groups in total. The molecule has 2 aromatic heterocycles. The zero-order valence-electron chi connectivity index (χ0n) is 18.6. The highest BCUT2D eigenvalue weighted by molar-refractivity contribution is 7.98. The number of nitrogens with zero attached hydrogens (tertiary/aromatic N) is 2. The molecule has 35 heavy (non-hydrogen) atoms. The van der Waals surface area contributed by atoms with E-state index >= 15 is 0 Å². The van der Waals surface area contributed by atoms with Gasteiger partial charge in [-0.05, 0) is 60.6 Å². The second kappa shape index (κ2) is 12.2. The number of halogens is 3. The molecule has 2 amide bonds. The predicted molar refractivity (Wildman–Crippen MR) is 126 cm³/mol. The molecule has 2 heterocycles. The van der Waals surface area contributed by atoms with Crippen LogP contribution in [0.15, 0.2) is 66.0 Å². The molecular formula is C23H22F3N5O3S. The van der Waals surface area contributed by atoms with Gasteiger partial charge in [0.2, 0.25) is 5.91 Å². The fraction of sp³-hybridized carbons (Fsp3) is 0.217. The summed E-state index contributed by atoms with van der Waals surface area (Å²) >= 11 is 1.32. The van der Waals surface area contributed by atoms with Crippen LogP contribution in [0.2, 0.25) is 0 Å². The molecule has 0 atom stereocenters. The first-order chi connectivity index (χ1) is 16.7. The summed E-state index contributed by atoms with van der Waals surface area (Å²) < 4.78 is 40.8. The number of hydrogen-bond donors (Lipinski definition) is 3. The van der Waals surface area contributed by atoms with Crippen LogP contribution in [0, 0.1) is 0 Å². The van der Waals surface area contributed by atoms with Crippen LogP contribution in [0.1, 0.15) is 22.8 Å². The second-order valence-electron chi connectivity index (χ2n) is 7.05. The average Bonchev–Trinajstić information content (AvgIpc) is 2.82. The highest BCUT2D eigenvalue weighted by Crippen LogP contribution is 2.27. The van der Waals surface area contributed by atoms with E-state index in [9.17, 15) is 22.8 Å². The minimum atomic E-state index is -4.79. The minimum Gasteiger partial charge on any atom is -0.406 e. The van der Waals surface area contributed by atoms with Crippen LogP contribution < -0.4 is 20.7 Å². The Balaban J connectivity index is 1.63. The van der Waals surface area contributed by atoms with Crippen molar-refractivity contribution in [3.8, 4) is 5.75 Å². The summed E-state index contributed by atoms with van der Waals surface area (Å²) in [5.74, 6) is -0.174. The molecule has 0 fully saturated rings. The van der Waals surface area contributed by atoms with Crippen molar-refractivity contribution in [2.24, 2.45) is 0 Å². The molecule has 0 aliphatic heterocycles. The molecule has 12 heteroatoms. The Labute approximate surface area is 203 Å². The lowest BCUT2D eigenvalue weighted by molar-refractivity contribution is -0.274. The Hall–Kier alpha value is -3.64. The Morgan fingerprint density at radius 2 is 1.80 bits per heavy atom. The van der Waals surface area contributed by atoms with E-state index in [1.807, 2.05) is 6.92 Å². The summed E-state index contributed by atoms with van der Waals surface area (Å²) in [4.78, 5) is 33.1. The van der Waals surface area contributed by atoms with E-state index in [1.54, 1.807) is 36.7 Å². The fourth-order valence-electron chi connectivity index (χ4n) is 2.83. The lowest BCUT2D eigenvalue weighted by atomic mass is 10.2. The Bertz CT molecular complexity index is 1160. The fourth-order valence-corrected chi connectivity index (χ4v) is 3.76. The smallest absolute Gasteiger partial charge is 0.406 e. The number of carbonyl (C=O) groups is 2. The number of thioether (sulfide) groups is 1. The molecule has 0 radical (unpaired) electrons. The van der Waals surface area contributed by atoms with Gasteiger partial charge in [0, 0.05) is 23.8 Å². The molecule has 0 bridgehead atoms. The molecule has 0 spiro atoms. The van der Waals surface area contributed by atoms with E-state index in [0.29, 0.717) is 34.4 Å². The van der Waals surface area contributed by atoms with Crippen LogP contribution in [-0.2, 0) is 10.5 Å². The summed E-state index contributed by atoms with van der Waals surface area (Å²) in [6, 6.07) is 11.6. The van der Waals surface area contributed by atoms with E-state index in [-0.39, 0.29) is 18.2 Å². The number of amides is 2. The molecule has 0 saturated heterocycles. The summed E-state index contributed by atoms with van der Waals surface area (Å²) in [5, 5.41) is 8.76. The van der Waals surface area contributed by atoms with Crippen LogP contribution in [0.25, 0.3) is 0 Å². The number of benzene rings is 1. The maximum Gasteiger partial charge on any atom is 0.573 e. The quantitative estimate of drug-likeness (QED) is 0.349.